The Morgan fingerprint density at radius 2 is 2.18 bits per heavy atom. The summed E-state index contributed by atoms with van der Waals surface area (Å²) in [6.45, 7) is 3.77. The number of amides is 1. The number of ether oxygens (including phenoxy) is 1. The molecule has 0 aliphatic rings. The van der Waals surface area contributed by atoms with E-state index in [9.17, 15) is 9.90 Å². The van der Waals surface area contributed by atoms with Crippen LogP contribution in [-0.4, -0.2) is 17.4 Å². The molecule has 0 spiro atoms. The maximum Gasteiger partial charge on any atom is 0.237 e. The molecule has 1 atom stereocenters. The zero-order chi connectivity index (χ0) is 12.5. The molecular formula is C13H17NO3. The van der Waals surface area contributed by atoms with Crippen molar-refractivity contribution >= 4 is 5.91 Å². The van der Waals surface area contributed by atoms with Crippen molar-refractivity contribution in [1.82, 2.24) is 5.32 Å². The van der Waals surface area contributed by atoms with Gasteiger partial charge in [-0.2, -0.15) is 0 Å². The highest BCUT2D eigenvalue weighted by atomic mass is 16.6. The number of hydrogen-bond donors (Lipinski definition) is 2. The Balaban J connectivity index is 2.23. The normalized spacial score (nSPS) is 11.8. The second-order valence-corrected chi connectivity index (χ2v) is 3.54. The number of rotatable bonds is 7. The van der Waals surface area contributed by atoms with Gasteiger partial charge >= 0.3 is 0 Å². The van der Waals surface area contributed by atoms with E-state index in [1.165, 1.54) is 0 Å². The molecule has 0 bridgehead atoms. The molecule has 0 unspecified atom stereocenters. The van der Waals surface area contributed by atoms with Crippen LogP contribution >= 0.6 is 0 Å². The van der Waals surface area contributed by atoms with E-state index in [0.717, 1.165) is 5.56 Å². The molecule has 1 aromatic rings. The molecule has 4 nitrogen and oxygen atoms in total. The maximum absolute atomic E-state index is 11.2. The number of carbonyl (C=O) groups is 1. The van der Waals surface area contributed by atoms with Gasteiger partial charge in [0, 0.05) is 6.42 Å². The summed E-state index contributed by atoms with van der Waals surface area (Å²) in [4.78, 5) is 11.2. The predicted molar refractivity (Wildman–Crippen MR) is 64.8 cm³/mol. The minimum atomic E-state index is -1.27. The number of aliphatic hydroxyl groups excluding tert-OH is 1. The second kappa shape index (κ2) is 7.60. The summed E-state index contributed by atoms with van der Waals surface area (Å²) in [5.41, 5.74) is 0.937. The number of hydrogen-bond acceptors (Lipinski definition) is 3. The van der Waals surface area contributed by atoms with Crippen molar-refractivity contribution in [3.63, 3.8) is 0 Å². The van der Waals surface area contributed by atoms with Crippen molar-refractivity contribution < 1.29 is 14.6 Å². The number of carbonyl (C=O) groups excluding carboxylic acids is 1. The molecule has 0 aromatic heterocycles. The van der Waals surface area contributed by atoms with Gasteiger partial charge in [-0.1, -0.05) is 36.4 Å². The third-order valence-electron chi connectivity index (χ3n) is 2.11. The number of aliphatic hydroxyl groups is 1. The standard InChI is InChI=1S/C13H17NO3/c1-2-3-9-12(15)14-13(16)17-10-11-7-5-4-6-8-11/h2,4-8,13,16H,1,3,9-10H2,(H,14,15)/t13-/m1/s1. The largest absolute Gasteiger partial charge is 0.351 e. The lowest BCUT2D eigenvalue weighted by molar-refractivity contribution is -0.150. The molecule has 0 aliphatic heterocycles. The zero-order valence-electron chi connectivity index (χ0n) is 9.63. The van der Waals surface area contributed by atoms with Gasteiger partial charge in [-0.05, 0) is 12.0 Å². The highest BCUT2D eigenvalue weighted by Gasteiger charge is 2.07. The van der Waals surface area contributed by atoms with Crippen molar-refractivity contribution in [3.05, 3.63) is 48.6 Å². The van der Waals surface area contributed by atoms with Gasteiger partial charge in [-0.15, -0.1) is 6.58 Å². The summed E-state index contributed by atoms with van der Waals surface area (Å²) in [7, 11) is 0. The quantitative estimate of drug-likeness (QED) is 0.557. The summed E-state index contributed by atoms with van der Waals surface area (Å²) < 4.78 is 5.08. The molecule has 1 amide bonds. The molecule has 92 valence electrons. The lowest BCUT2D eigenvalue weighted by Gasteiger charge is -2.13. The van der Waals surface area contributed by atoms with E-state index >= 15 is 0 Å². The zero-order valence-corrected chi connectivity index (χ0v) is 9.63. The molecule has 0 heterocycles. The Labute approximate surface area is 101 Å². The molecular weight excluding hydrogens is 218 g/mol. The number of allylic oxidation sites excluding steroid dienone is 1. The van der Waals surface area contributed by atoms with Crippen LogP contribution in [0.2, 0.25) is 0 Å². The van der Waals surface area contributed by atoms with E-state index in [1.54, 1.807) is 6.08 Å². The molecule has 0 fully saturated rings. The number of benzene rings is 1. The Morgan fingerprint density at radius 3 is 2.82 bits per heavy atom. The highest BCUT2D eigenvalue weighted by molar-refractivity contribution is 5.75. The first-order valence-electron chi connectivity index (χ1n) is 5.46. The van der Waals surface area contributed by atoms with Crippen molar-refractivity contribution in [3.8, 4) is 0 Å². The molecule has 4 heteroatoms. The smallest absolute Gasteiger partial charge is 0.237 e. The van der Waals surface area contributed by atoms with Gasteiger partial charge in [-0.25, -0.2) is 0 Å². The fourth-order valence-electron chi connectivity index (χ4n) is 1.23. The molecule has 1 aromatic carbocycles. The third kappa shape index (κ3) is 5.85. The van der Waals surface area contributed by atoms with E-state index in [2.05, 4.69) is 11.9 Å². The molecule has 0 aliphatic carbocycles. The van der Waals surface area contributed by atoms with E-state index in [1.807, 2.05) is 30.3 Å². The topological polar surface area (TPSA) is 58.6 Å². The van der Waals surface area contributed by atoms with Crippen molar-refractivity contribution in [1.29, 1.82) is 0 Å². The van der Waals surface area contributed by atoms with Gasteiger partial charge in [0.1, 0.15) is 0 Å². The maximum atomic E-state index is 11.2. The minimum Gasteiger partial charge on any atom is -0.351 e. The monoisotopic (exact) mass is 235 g/mol. The third-order valence-corrected chi connectivity index (χ3v) is 2.11. The van der Waals surface area contributed by atoms with Crippen LogP contribution in [-0.2, 0) is 16.1 Å². The van der Waals surface area contributed by atoms with Crippen LogP contribution in [0.4, 0.5) is 0 Å². The molecule has 1 rings (SSSR count). The van der Waals surface area contributed by atoms with Crippen LogP contribution in [0.25, 0.3) is 0 Å². The summed E-state index contributed by atoms with van der Waals surface area (Å²) in [5, 5.41) is 11.7. The highest BCUT2D eigenvalue weighted by Crippen LogP contribution is 2.01. The second-order valence-electron chi connectivity index (χ2n) is 3.54. The fourth-order valence-corrected chi connectivity index (χ4v) is 1.23. The van der Waals surface area contributed by atoms with Crippen molar-refractivity contribution in [2.75, 3.05) is 0 Å². The molecule has 0 saturated carbocycles. The van der Waals surface area contributed by atoms with E-state index < -0.39 is 6.41 Å². The van der Waals surface area contributed by atoms with Gasteiger partial charge < -0.3 is 15.2 Å². The average molecular weight is 235 g/mol. The van der Waals surface area contributed by atoms with Crippen LogP contribution < -0.4 is 5.32 Å². The summed E-state index contributed by atoms with van der Waals surface area (Å²) in [6, 6.07) is 9.43. The number of nitrogens with one attached hydrogen (secondary N) is 1. The van der Waals surface area contributed by atoms with Crippen LogP contribution in [0.1, 0.15) is 18.4 Å². The van der Waals surface area contributed by atoms with Gasteiger partial charge in [0.2, 0.25) is 12.3 Å². The molecule has 0 saturated heterocycles. The summed E-state index contributed by atoms with van der Waals surface area (Å²) in [5.74, 6) is -0.259. The first-order chi connectivity index (χ1) is 8.22. The van der Waals surface area contributed by atoms with E-state index in [0.29, 0.717) is 12.8 Å². The van der Waals surface area contributed by atoms with Crippen molar-refractivity contribution in [2.24, 2.45) is 0 Å². The van der Waals surface area contributed by atoms with Gasteiger partial charge in [0.15, 0.2) is 0 Å². The van der Waals surface area contributed by atoms with Crippen LogP contribution in [0, 0.1) is 0 Å². The van der Waals surface area contributed by atoms with Gasteiger partial charge in [0.05, 0.1) is 6.61 Å². The predicted octanol–water partition coefficient (Wildman–Crippen LogP) is 1.56. The van der Waals surface area contributed by atoms with Gasteiger partial charge in [-0.3, -0.25) is 4.79 Å². The van der Waals surface area contributed by atoms with Gasteiger partial charge in [0.25, 0.3) is 0 Å². The van der Waals surface area contributed by atoms with E-state index in [4.69, 9.17) is 4.74 Å². The first kappa shape index (κ1) is 13.4. The Bertz CT molecular complexity index is 351. The average Bonchev–Trinajstić information content (AvgIpc) is 2.35. The Hall–Kier alpha value is -1.65. The van der Waals surface area contributed by atoms with Crippen molar-refractivity contribution in [2.45, 2.75) is 25.9 Å². The lowest BCUT2D eigenvalue weighted by atomic mass is 10.2. The first-order valence-corrected chi connectivity index (χ1v) is 5.46. The summed E-state index contributed by atoms with van der Waals surface area (Å²) >= 11 is 0. The molecule has 17 heavy (non-hydrogen) atoms. The molecule has 0 radical (unpaired) electrons. The Kier molecular flexibility index (Phi) is 5.99. The lowest BCUT2D eigenvalue weighted by Crippen LogP contribution is -2.36. The van der Waals surface area contributed by atoms with E-state index in [-0.39, 0.29) is 12.5 Å². The Morgan fingerprint density at radius 1 is 1.47 bits per heavy atom. The minimum absolute atomic E-state index is 0.254. The van der Waals surface area contributed by atoms with Crippen LogP contribution in [0.15, 0.2) is 43.0 Å². The fraction of sp³-hybridized carbons (Fsp3) is 0.308. The van der Waals surface area contributed by atoms with Crippen LogP contribution in [0.5, 0.6) is 0 Å². The summed E-state index contributed by atoms with van der Waals surface area (Å²) in [6.07, 6.45) is 1.26. The van der Waals surface area contributed by atoms with Crippen LogP contribution in [0.3, 0.4) is 0 Å². The SMILES string of the molecule is C=CCCC(=O)N[C@H](O)OCc1ccccc1. The molecule has 2 N–H and O–H groups in total.